The van der Waals surface area contributed by atoms with E-state index in [1.165, 1.54) is 6.07 Å². The Bertz CT molecular complexity index is 1710. The first-order valence-electron chi connectivity index (χ1n) is 15.0. The number of halogens is 1. The maximum Gasteiger partial charge on any atom is 0.316 e. The number of aliphatic carboxylic acids is 1. The Morgan fingerprint density at radius 3 is 2.13 bits per heavy atom. The molecule has 3 amide bonds. The fourth-order valence-electron chi connectivity index (χ4n) is 5.03. The van der Waals surface area contributed by atoms with Gasteiger partial charge in [-0.1, -0.05) is 58.7 Å². The summed E-state index contributed by atoms with van der Waals surface area (Å²) < 4.78 is 16.4. The molecule has 3 aromatic carbocycles. The van der Waals surface area contributed by atoms with Crippen LogP contribution in [0.4, 0.5) is 21.5 Å². The molecule has 4 aromatic rings. The molecule has 0 aliphatic heterocycles. The van der Waals surface area contributed by atoms with Crippen molar-refractivity contribution in [3.8, 4) is 0 Å². The van der Waals surface area contributed by atoms with E-state index in [9.17, 15) is 28.7 Å². The second-order valence-corrected chi connectivity index (χ2v) is 12.3. The van der Waals surface area contributed by atoms with Crippen molar-refractivity contribution in [1.29, 1.82) is 0 Å². The van der Waals surface area contributed by atoms with Gasteiger partial charge in [0.1, 0.15) is 17.4 Å². The number of hydrogen-bond acceptors (Lipinski definition) is 4. The minimum atomic E-state index is -1.17. The smallest absolute Gasteiger partial charge is 0.316 e. The first-order chi connectivity index (χ1) is 21.3. The van der Waals surface area contributed by atoms with E-state index in [4.69, 9.17) is 0 Å². The van der Waals surface area contributed by atoms with Crippen molar-refractivity contribution in [3.05, 3.63) is 89.9 Å². The van der Waals surface area contributed by atoms with E-state index in [0.717, 1.165) is 6.42 Å². The molecule has 10 heteroatoms. The summed E-state index contributed by atoms with van der Waals surface area (Å²) in [4.78, 5) is 50.2. The summed E-state index contributed by atoms with van der Waals surface area (Å²) in [7, 11) is 0. The lowest BCUT2D eigenvalue weighted by Crippen LogP contribution is -2.29. The lowest BCUT2D eigenvalue weighted by atomic mass is 9.92. The summed E-state index contributed by atoms with van der Waals surface area (Å²) in [6.45, 7) is 7.97. The number of unbranched alkanes of at least 4 members (excludes halogenated alkanes) is 1. The van der Waals surface area contributed by atoms with Gasteiger partial charge in [0.25, 0.3) is 5.91 Å². The molecule has 1 heterocycles. The molecule has 0 aliphatic carbocycles. The Morgan fingerprint density at radius 2 is 1.51 bits per heavy atom. The molecule has 1 atom stereocenters. The lowest BCUT2D eigenvalue weighted by molar-refractivity contribution is -0.145. The second-order valence-electron chi connectivity index (χ2n) is 12.3. The van der Waals surface area contributed by atoms with Crippen LogP contribution < -0.4 is 16.0 Å². The zero-order valence-electron chi connectivity index (χ0n) is 25.9. The van der Waals surface area contributed by atoms with Crippen molar-refractivity contribution >= 4 is 51.7 Å². The number of fused-ring (bicyclic) bond motifs is 1. The van der Waals surface area contributed by atoms with Crippen LogP contribution in [-0.2, 0) is 20.9 Å². The van der Waals surface area contributed by atoms with Crippen molar-refractivity contribution in [2.75, 3.05) is 16.0 Å². The molecule has 45 heavy (non-hydrogen) atoms. The Labute approximate surface area is 261 Å². The fourth-order valence-corrected chi connectivity index (χ4v) is 5.03. The Hall–Kier alpha value is -4.99. The number of nitrogens with zero attached hydrogens (tertiary/aromatic N) is 1. The van der Waals surface area contributed by atoms with Crippen LogP contribution in [0.1, 0.15) is 69.4 Å². The van der Waals surface area contributed by atoms with Crippen LogP contribution in [0.25, 0.3) is 10.9 Å². The Balaban J connectivity index is 1.57. The second kappa shape index (κ2) is 14.2. The van der Waals surface area contributed by atoms with Gasteiger partial charge in [-0.05, 0) is 66.4 Å². The van der Waals surface area contributed by atoms with E-state index < -0.39 is 29.5 Å². The highest BCUT2D eigenvalue weighted by Gasteiger charge is 2.26. The van der Waals surface area contributed by atoms with E-state index in [0.29, 0.717) is 46.4 Å². The van der Waals surface area contributed by atoms with E-state index in [1.54, 1.807) is 71.3 Å². The standard InChI is InChI=1S/C35H39FN4O5/c1-5-6-10-27(34(44)45)32(42)38-24-12-14-25(15-13-24)39-33(43)30-19-23-18-26(37-31(41)20-35(2,3)4)16-17-29(23)40(30)21-22-9-7-8-11-28(22)36/h7-9,11-19,27H,5-6,10,20-21H2,1-4H3,(H,37,41)(H,38,42)(H,39,43)(H,44,45). The van der Waals surface area contributed by atoms with E-state index in [-0.39, 0.29) is 30.0 Å². The maximum absolute atomic E-state index is 14.7. The molecule has 0 fully saturated rings. The molecule has 0 bridgehead atoms. The van der Waals surface area contributed by atoms with Crippen LogP contribution in [-0.4, -0.2) is 33.4 Å². The number of carboxylic acid groups (broad SMARTS) is 1. The van der Waals surface area contributed by atoms with E-state index in [1.807, 2.05) is 27.7 Å². The van der Waals surface area contributed by atoms with Gasteiger partial charge in [-0.2, -0.15) is 0 Å². The normalized spacial score (nSPS) is 12.0. The van der Waals surface area contributed by atoms with Crippen LogP contribution >= 0.6 is 0 Å². The lowest BCUT2D eigenvalue weighted by Gasteiger charge is -2.17. The average molecular weight is 615 g/mol. The number of amides is 3. The zero-order chi connectivity index (χ0) is 32.7. The number of carbonyl (C=O) groups excluding carboxylic acids is 3. The van der Waals surface area contributed by atoms with E-state index in [2.05, 4.69) is 16.0 Å². The first-order valence-corrected chi connectivity index (χ1v) is 15.0. The van der Waals surface area contributed by atoms with Gasteiger partial charge in [-0.3, -0.25) is 19.2 Å². The third-order valence-corrected chi connectivity index (χ3v) is 7.27. The van der Waals surface area contributed by atoms with Gasteiger partial charge < -0.3 is 25.6 Å². The van der Waals surface area contributed by atoms with Gasteiger partial charge in [-0.15, -0.1) is 0 Å². The van der Waals surface area contributed by atoms with Gasteiger partial charge in [0, 0.05) is 39.9 Å². The van der Waals surface area contributed by atoms with Crippen molar-refractivity contribution in [3.63, 3.8) is 0 Å². The van der Waals surface area contributed by atoms with Crippen molar-refractivity contribution in [2.45, 2.75) is 59.9 Å². The minimum absolute atomic E-state index is 0.0996. The highest BCUT2D eigenvalue weighted by molar-refractivity contribution is 6.07. The number of nitrogens with one attached hydrogen (secondary N) is 3. The predicted molar refractivity (Wildman–Crippen MR) is 174 cm³/mol. The number of hydrogen-bond donors (Lipinski definition) is 4. The fraction of sp³-hybridized carbons (Fsp3) is 0.314. The molecule has 1 unspecified atom stereocenters. The summed E-state index contributed by atoms with van der Waals surface area (Å²) >= 11 is 0. The average Bonchev–Trinajstić information content (AvgIpc) is 3.32. The monoisotopic (exact) mass is 614 g/mol. The summed E-state index contributed by atoms with van der Waals surface area (Å²) in [6, 6.07) is 19.7. The number of aromatic nitrogens is 1. The summed E-state index contributed by atoms with van der Waals surface area (Å²) in [5.41, 5.74) is 2.62. The molecule has 4 N–H and O–H groups in total. The van der Waals surface area contributed by atoms with Gasteiger partial charge in [-0.25, -0.2) is 4.39 Å². The van der Waals surface area contributed by atoms with Gasteiger partial charge in [0.2, 0.25) is 11.8 Å². The first kappa shape index (κ1) is 32.9. The Morgan fingerprint density at radius 1 is 0.867 bits per heavy atom. The van der Waals surface area contributed by atoms with Gasteiger partial charge in [0.15, 0.2) is 0 Å². The minimum Gasteiger partial charge on any atom is -0.481 e. The van der Waals surface area contributed by atoms with Gasteiger partial charge in [0.05, 0.1) is 6.54 Å². The maximum atomic E-state index is 14.7. The molecule has 0 radical (unpaired) electrons. The molecule has 0 spiro atoms. The molecule has 236 valence electrons. The zero-order valence-corrected chi connectivity index (χ0v) is 25.9. The predicted octanol–water partition coefficient (Wildman–Crippen LogP) is 7.29. The van der Waals surface area contributed by atoms with Crippen LogP contribution in [0.3, 0.4) is 0 Å². The number of carboxylic acids is 1. The number of carbonyl (C=O) groups is 4. The van der Waals surface area contributed by atoms with Crippen molar-refractivity contribution < 1.29 is 28.7 Å². The van der Waals surface area contributed by atoms with Crippen LogP contribution in [0.5, 0.6) is 0 Å². The quantitative estimate of drug-likeness (QED) is 0.125. The third kappa shape index (κ3) is 8.78. The molecular formula is C35H39FN4O5. The summed E-state index contributed by atoms with van der Waals surface area (Å²) in [5, 5.41) is 18.5. The molecule has 4 rings (SSSR count). The SMILES string of the molecule is CCCCC(C(=O)O)C(=O)Nc1ccc(NC(=O)c2cc3cc(NC(=O)CC(C)(C)C)ccc3n2Cc2ccccc2F)cc1. The largest absolute Gasteiger partial charge is 0.481 e. The van der Waals surface area contributed by atoms with Crippen LogP contribution in [0.15, 0.2) is 72.8 Å². The molecule has 1 aromatic heterocycles. The molecule has 0 saturated heterocycles. The van der Waals surface area contributed by atoms with Crippen molar-refractivity contribution in [1.82, 2.24) is 4.57 Å². The molecule has 0 aliphatic rings. The highest BCUT2D eigenvalue weighted by atomic mass is 19.1. The topological polar surface area (TPSA) is 130 Å². The van der Waals surface area contributed by atoms with Gasteiger partial charge >= 0.3 is 5.97 Å². The van der Waals surface area contributed by atoms with Crippen LogP contribution in [0.2, 0.25) is 0 Å². The van der Waals surface area contributed by atoms with E-state index >= 15 is 0 Å². The summed E-state index contributed by atoms with van der Waals surface area (Å²) in [5.74, 6) is -3.87. The Kier molecular flexibility index (Phi) is 10.4. The number of anilines is 3. The molecular weight excluding hydrogens is 575 g/mol. The molecule has 0 saturated carbocycles. The highest BCUT2D eigenvalue weighted by Crippen LogP contribution is 2.27. The number of benzene rings is 3. The molecule has 9 nitrogen and oxygen atoms in total. The van der Waals surface area contributed by atoms with Crippen molar-refractivity contribution in [2.24, 2.45) is 11.3 Å². The van der Waals surface area contributed by atoms with Crippen LogP contribution in [0, 0.1) is 17.2 Å². The summed E-state index contributed by atoms with van der Waals surface area (Å²) in [6.07, 6.45) is 1.99. The number of rotatable bonds is 12. The third-order valence-electron chi connectivity index (χ3n) is 7.27.